The van der Waals surface area contributed by atoms with E-state index < -0.39 is 6.03 Å². The number of carbonyl (C=O) groups is 2. The van der Waals surface area contributed by atoms with Gasteiger partial charge in [0, 0.05) is 37.2 Å². The number of para-hydroxylation sites is 1. The van der Waals surface area contributed by atoms with Crippen molar-refractivity contribution in [1.29, 1.82) is 0 Å². The third-order valence-corrected chi connectivity index (χ3v) is 4.73. The molecule has 152 valence electrons. The first-order valence-corrected chi connectivity index (χ1v) is 9.65. The van der Waals surface area contributed by atoms with Gasteiger partial charge in [0.05, 0.1) is 5.56 Å². The summed E-state index contributed by atoms with van der Waals surface area (Å²) in [6, 6.07) is 17.5. The molecule has 0 bridgehead atoms. The van der Waals surface area contributed by atoms with E-state index in [2.05, 4.69) is 40.2 Å². The third-order valence-electron chi connectivity index (χ3n) is 4.73. The summed E-state index contributed by atoms with van der Waals surface area (Å²) in [5.74, 6) is -0.348. The number of fused-ring (bicyclic) bond motifs is 1. The van der Waals surface area contributed by atoms with Gasteiger partial charge >= 0.3 is 6.03 Å². The fourth-order valence-electron chi connectivity index (χ4n) is 3.27. The van der Waals surface area contributed by atoms with E-state index in [9.17, 15) is 9.59 Å². The van der Waals surface area contributed by atoms with Crippen molar-refractivity contribution in [3.05, 3.63) is 71.9 Å². The minimum Gasteiger partial charge on any atom is -0.350 e. The molecule has 0 spiro atoms. The molecule has 29 heavy (non-hydrogen) atoms. The molecule has 0 unspecified atom stereocenters. The number of amides is 3. The Kier molecular flexibility index (Phi) is 6.86. The Balaban J connectivity index is 1.37. The van der Waals surface area contributed by atoms with Gasteiger partial charge in [-0.1, -0.05) is 48.5 Å². The van der Waals surface area contributed by atoms with Crippen LogP contribution in [0.3, 0.4) is 0 Å². The number of nitrogens with one attached hydrogen (secondary N) is 3. The lowest BCUT2D eigenvalue weighted by molar-refractivity contribution is 0.0937. The Morgan fingerprint density at radius 2 is 1.72 bits per heavy atom. The van der Waals surface area contributed by atoms with Gasteiger partial charge < -0.3 is 14.8 Å². The molecule has 0 radical (unpaired) electrons. The van der Waals surface area contributed by atoms with E-state index in [1.54, 1.807) is 6.20 Å². The molecule has 0 saturated heterocycles. The van der Waals surface area contributed by atoms with Crippen LogP contribution in [0.2, 0.25) is 0 Å². The minimum absolute atomic E-state index is 0.348. The van der Waals surface area contributed by atoms with Crippen molar-refractivity contribution in [3.8, 4) is 0 Å². The normalized spacial score (nSPS) is 10.9. The monoisotopic (exact) mass is 393 g/mol. The summed E-state index contributed by atoms with van der Waals surface area (Å²) in [5.41, 5.74) is 7.61. The van der Waals surface area contributed by atoms with Crippen LogP contribution in [0.4, 0.5) is 4.79 Å². The lowest BCUT2D eigenvalue weighted by atomic mass is 10.2. The first-order chi connectivity index (χ1) is 14.0. The van der Waals surface area contributed by atoms with E-state index in [0.717, 1.165) is 30.4 Å². The average molecular weight is 393 g/mol. The van der Waals surface area contributed by atoms with Crippen molar-refractivity contribution in [2.75, 3.05) is 20.1 Å². The van der Waals surface area contributed by atoms with Crippen molar-refractivity contribution < 1.29 is 9.59 Å². The van der Waals surface area contributed by atoms with Crippen LogP contribution in [0.5, 0.6) is 0 Å². The number of benzene rings is 2. The van der Waals surface area contributed by atoms with E-state index >= 15 is 0 Å². The molecule has 2 aromatic carbocycles. The van der Waals surface area contributed by atoms with Crippen molar-refractivity contribution in [2.45, 2.75) is 13.0 Å². The highest BCUT2D eigenvalue weighted by atomic mass is 16.2. The van der Waals surface area contributed by atoms with Gasteiger partial charge in [0.25, 0.3) is 5.91 Å². The topological polar surface area (TPSA) is 78.4 Å². The van der Waals surface area contributed by atoms with Gasteiger partial charge in [-0.25, -0.2) is 10.2 Å². The summed E-state index contributed by atoms with van der Waals surface area (Å²) in [6.45, 7) is 2.25. The van der Waals surface area contributed by atoms with Crippen LogP contribution < -0.4 is 16.2 Å². The zero-order chi connectivity index (χ0) is 20.6. The molecule has 3 rings (SSSR count). The molecule has 3 amide bonds. The Morgan fingerprint density at radius 1 is 1.00 bits per heavy atom. The standard InChI is InChI=1S/C22H27N5O2/c1-26(15-17-9-4-3-5-10-17)14-8-13-23-22(29)25-24-21(28)19-16-27(2)20-12-7-6-11-18(19)20/h3-7,9-12,16H,8,13-15H2,1-2H3,(H,24,28)(H2,23,25,29). The highest BCUT2D eigenvalue weighted by molar-refractivity contribution is 6.07. The van der Waals surface area contributed by atoms with Crippen molar-refractivity contribution in [2.24, 2.45) is 7.05 Å². The van der Waals surface area contributed by atoms with Gasteiger partial charge in [-0.2, -0.15) is 0 Å². The molecule has 0 aliphatic rings. The molecule has 1 heterocycles. The number of rotatable bonds is 7. The quantitative estimate of drug-likeness (QED) is 0.427. The van der Waals surface area contributed by atoms with Gasteiger partial charge in [-0.05, 0) is 31.6 Å². The summed E-state index contributed by atoms with van der Waals surface area (Å²) in [6.07, 6.45) is 2.57. The summed E-state index contributed by atoms with van der Waals surface area (Å²) in [7, 11) is 3.94. The smallest absolute Gasteiger partial charge is 0.333 e. The first kappa shape index (κ1) is 20.4. The summed E-state index contributed by atoms with van der Waals surface area (Å²) in [4.78, 5) is 26.5. The number of aromatic nitrogens is 1. The van der Waals surface area contributed by atoms with Crippen molar-refractivity contribution >= 4 is 22.8 Å². The van der Waals surface area contributed by atoms with Crippen LogP contribution in [-0.2, 0) is 13.6 Å². The van der Waals surface area contributed by atoms with E-state index in [-0.39, 0.29) is 5.91 Å². The predicted octanol–water partition coefficient (Wildman–Crippen LogP) is 2.64. The second kappa shape index (κ2) is 9.75. The average Bonchev–Trinajstić information content (AvgIpc) is 3.07. The Bertz CT molecular complexity index is 968. The van der Waals surface area contributed by atoms with Crippen LogP contribution >= 0.6 is 0 Å². The molecule has 0 saturated carbocycles. The lowest BCUT2D eigenvalue weighted by Gasteiger charge is -2.16. The van der Waals surface area contributed by atoms with E-state index in [4.69, 9.17) is 0 Å². The lowest BCUT2D eigenvalue weighted by Crippen LogP contribution is -2.47. The Labute approximate surface area is 170 Å². The SMILES string of the molecule is CN(CCCNC(=O)NNC(=O)c1cn(C)c2ccccc12)Cc1ccccc1. The van der Waals surface area contributed by atoms with Gasteiger partial charge in [0.1, 0.15) is 0 Å². The number of carbonyl (C=O) groups excluding carboxylic acids is 2. The van der Waals surface area contributed by atoms with E-state index in [0.29, 0.717) is 12.1 Å². The zero-order valence-electron chi connectivity index (χ0n) is 16.8. The fraction of sp³-hybridized carbons (Fsp3) is 0.273. The molecule has 0 fully saturated rings. The molecular weight excluding hydrogens is 366 g/mol. The maximum atomic E-state index is 12.4. The number of hydrogen-bond acceptors (Lipinski definition) is 3. The van der Waals surface area contributed by atoms with E-state index in [1.807, 2.05) is 54.1 Å². The highest BCUT2D eigenvalue weighted by Crippen LogP contribution is 2.19. The highest BCUT2D eigenvalue weighted by Gasteiger charge is 2.14. The molecule has 3 N–H and O–H groups in total. The zero-order valence-corrected chi connectivity index (χ0v) is 16.8. The number of aryl methyl sites for hydroxylation is 1. The summed E-state index contributed by atoms with van der Waals surface area (Å²) < 4.78 is 1.89. The van der Waals surface area contributed by atoms with Crippen LogP contribution in [0, 0.1) is 0 Å². The molecule has 3 aromatic rings. The molecule has 0 atom stereocenters. The fourth-order valence-corrected chi connectivity index (χ4v) is 3.27. The molecule has 7 nitrogen and oxygen atoms in total. The van der Waals surface area contributed by atoms with Gasteiger partial charge in [-0.15, -0.1) is 0 Å². The maximum absolute atomic E-state index is 12.4. The Hall–Kier alpha value is -3.32. The summed E-state index contributed by atoms with van der Waals surface area (Å²) in [5, 5.41) is 3.60. The number of nitrogens with zero attached hydrogens (tertiary/aromatic N) is 2. The van der Waals surface area contributed by atoms with Gasteiger partial charge in [-0.3, -0.25) is 10.2 Å². The van der Waals surface area contributed by atoms with Crippen molar-refractivity contribution in [1.82, 2.24) is 25.6 Å². The van der Waals surface area contributed by atoms with Crippen LogP contribution in [0.1, 0.15) is 22.3 Å². The molecule has 0 aliphatic heterocycles. The predicted molar refractivity (Wildman–Crippen MR) is 114 cm³/mol. The minimum atomic E-state index is -0.427. The molecule has 1 aromatic heterocycles. The van der Waals surface area contributed by atoms with E-state index in [1.165, 1.54) is 5.56 Å². The number of hydrogen-bond donors (Lipinski definition) is 3. The molecular formula is C22H27N5O2. The van der Waals surface area contributed by atoms with Gasteiger partial charge in [0.15, 0.2) is 0 Å². The third kappa shape index (κ3) is 5.58. The van der Waals surface area contributed by atoms with Crippen molar-refractivity contribution in [3.63, 3.8) is 0 Å². The summed E-state index contributed by atoms with van der Waals surface area (Å²) >= 11 is 0. The largest absolute Gasteiger partial charge is 0.350 e. The first-order valence-electron chi connectivity index (χ1n) is 9.65. The Morgan fingerprint density at radius 3 is 2.52 bits per heavy atom. The number of urea groups is 1. The second-order valence-corrected chi connectivity index (χ2v) is 7.08. The second-order valence-electron chi connectivity index (χ2n) is 7.08. The maximum Gasteiger partial charge on any atom is 0.333 e. The van der Waals surface area contributed by atoms with Gasteiger partial charge in [0.2, 0.25) is 0 Å². The van der Waals surface area contributed by atoms with Crippen LogP contribution in [-0.4, -0.2) is 41.5 Å². The molecule has 0 aliphatic carbocycles. The van der Waals surface area contributed by atoms with Crippen LogP contribution in [0.25, 0.3) is 10.9 Å². The molecule has 7 heteroatoms. The van der Waals surface area contributed by atoms with Crippen LogP contribution in [0.15, 0.2) is 60.8 Å². The number of hydrazine groups is 1.